The molecule has 1 fully saturated rings. The second kappa shape index (κ2) is 6.74. The lowest BCUT2D eigenvalue weighted by Gasteiger charge is -2.39. The van der Waals surface area contributed by atoms with Gasteiger partial charge < -0.3 is 4.90 Å². The highest BCUT2D eigenvalue weighted by Gasteiger charge is 2.50. The normalized spacial score (nSPS) is 25.4. The zero-order valence-electron chi connectivity index (χ0n) is 14.8. The monoisotopic (exact) mass is 364 g/mol. The van der Waals surface area contributed by atoms with Gasteiger partial charge in [-0.25, -0.2) is 0 Å². The fraction of sp³-hybridized carbons (Fsp3) is 0.286. The molecule has 4 nitrogen and oxygen atoms in total. The van der Waals surface area contributed by atoms with E-state index in [-0.39, 0.29) is 5.91 Å². The predicted octanol–water partition coefficient (Wildman–Crippen LogP) is 1.96. The van der Waals surface area contributed by atoms with Crippen molar-refractivity contribution < 1.29 is 9.69 Å². The summed E-state index contributed by atoms with van der Waals surface area (Å²) in [6.07, 6.45) is 1.65. The number of nitrogens with zero attached hydrogens (tertiary/aromatic N) is 2. The van der Waals surface area contributed by atoms with E-state index < -0.39 is 5.66 Å². The zero-order chi connectivity index (χ0) is 18.1. The number of amides is 1. The zero-order valence-corrected chi connectivity index (χ0v) is 15.6. The molecule has 132 valence electrons. The molecule has 2 heterocycles. The highest BCUT2D eigenvalue weighted by atomic mass is 32.1. The Balaban J connectivity index is 1.77. The third-order valence-corrected chi connectivity index (χ3v) is 5.69. The van der Waals surface area contributed by atoms with Gasteiger partial charge in [-0.05, 0) is 12.1 Å². The molecule has 2 aliphatic rings. The van der Waals surface area contributed by atoms with Gasteiger partial charge in [-0.3, -0.25) is 14.7 Å². The van der Waals surface area contributed by atoms with Crippen molar-refractivity contribution in [3.05, 3.63) is 71.8 Å². The molecule has 0 aliphatic carbocycles. The molecule has 1 amide bonds. The van der Waals surface area contributed by atoms with E-state index in [2.05, 4.69) is 7.05 Å². The summed E-state index contributed by atoms with van der Waals surface area (Å²) in [7, 11) is 2.19. The summed E-state index contributed by atoms with van der Waals surface area (Å²) >= 11 is 5.77. The average molecular weight is 364 g/mol. The van der Waals surface area contributed by atoms with Gasteiger partial charge in [0.15, 0.2) is 5.66 Å². The lowest BCUT2D eigenvalue weighted by molar-refractivity contribution is -0.886. The molecular weight excluding hydrogens is 342 g/mol. The molecule has 0 aromatic heterocycles. The maximum absolute atomic E-state index is 13.3. The number of benzene rings is 2. The summed E-state index contributed by atoms with van der Waals surface area (Å²) in [4.78, 5) is 22.2. The minimum atomic E-state index is -0.547. The molecule has 1 N–H and O–H groups in total. The third-order valence-electron chi connectivity index (χ3n) is 5.32. The van der Waals surface area contributed by atoms with E-state index in [0.29, 0.717) is 10.6 Å². The molecule has 0 saturated carbocycles. The highest BCUT2D eigenvalue weighted by molar-refractivity contribution is 7.82. The first-order valence-electron chi connectivity index (χ1n) is 9.01. The number of hydrogen-bond donors (Lipinski definition) is 1. The fourth-order valence-corrected chi connectivity index (χ4v) is 4.20. The first kappa shape index (κ1) is 17.1. The van der Waals surface area contributed by atoms with Crippen LogP contribution in [0.3, 0.4) is 0 Å². The lowest BCUT2D eigenvalue weighted by Crippen LogP contribution is -3.10. The van der Waals surface area contributed by atoms with Crippen LogP contribution in [0.5, 0.6) is 0 Å². The molecule has 0 bridgehead atoms. The molecule has 1 spiro atoms. The molecule has 2 aliphatic heterocycles. The van der Waals surface area contributed by atoms with Crippen molar-refractivity contribution in [1.29, 1.82) is 0 Å². The van der Waals surface area contributed by atoms with Crippen LogP contribution in [0.25, 0.3) is 0 Å². The van der Waals surface area contributed by atoms with E-state index in [0.717, 1.165) is 37.2 Å². The third kappa shape index (κ3) is 2.87. The van der Waals surface area contributed by atoms with Crippen LogP contribution >= 0.6 is 12.2 Å². The maximum Gasteiger partial charge on any atom is 0.260 e. The van der Waals surface area contributed by atoms with E-state index in [1.54, 1.807) is 4.90 Å². The van der Waals surface area contributed by atoms with Crippen molar-refractivity contribution in [3.8, 4) is 0 Å². The Bertz CT molecular complexity index is 855. The Morgan fingerprint density at radius 1 is 1.04 bits per heavy atom. The topological polar surface area (TPSA) is 37.1 Å². The Morgan fingerprint density at radius 2 is 1.62 bits per heavy atom. The van der Waals surface area contributed by atoms with Crippen molar-refractivity contribution in [2.24, 2.45) is 4.99 Å². The summed E-state index contributed by atoms with van der Waals surface area (Å²) in [6, 6.07) is 19.3. The van der Waals surface area contributed by atoms with Crippen molar-refractivity contribution in [1.82, 2.24) is 4.90 Å². The molecule has 2 aromatic rings. The second-order valence-corrected chi connectivity index (χ2v) is 7.46. The van der Waals surface area contributed by atoms with E-state index >= 15 is 0 Å². The van der Waals surface area contributed by atoms with Gasteiger partial charge in [0.05, 0.1) is 20.1 Å². The van der Waals surface area contributed by atoms with Crippen molar-refractivity contribution in [2.75, 3.05) is 20.1 Å². The van der Waals surface area contributed by atoms with Crippen LogP contribution in [0, 0.1) is 0 Å². The predicted molar refractivity (Wildman–Crippen MR) is 107 cm³/mol. The molecule has 0 atom stereocenters. The van der Waals surface area contributed by atoms with Gasteiger partial charge in [-0.2, -0.15) is 0 Å². The molecule has 4 rings (SSSR count). The van der Waals surface area contributed by atoms with Crippen LogP contribution < -0.4 is 4.90 Å². The van der Waals surface area contributed by atoms with Crippen LogP contribution in [0.2, 0.25) is 0 Å². The Morgan fingerprint density at radius 3 is 2.23 bits per heavy atom. The van der Waals surface area contributed by atoms with Gasteiger partial charge in [0.1, 0.15) is 10.7 Å². The first-order valence-corrected chi connectivity index (χ1v) is 9.42. The molecule has 5 heteroatoms. The lowest BCUT2D eigenvalue weighted by atomic mass is 9.95. The molecule has 0 radical (unpaired) electrons. The van der Waals surface area contributed by atoms with Gasteiger partial charge in [-0.1, -0.05) is 60.7 Å². The first-order chi connectivity index (χ1) is 12.6. The fourth-order valence-electron chi connectivity index (χ4n) is 3.79. The SMILES string of the molecule is C[NH+]1CCC2(CC1)N=C(c1ccccc1)C(=S)N2C(=O)c1ccccc1. The average Bonchev–Trinajstić information content (AvgIpc) is 2.97. The Kier molecular flexibility index (Phi) is 4.42. The molecule has 2 aromatic carbocycles. The number of thiocarbonyl (C=S) groups is 1. The van der Waals surface area contributed by atoms with Gasteiger partial charge in [0.25, 0.3) is 5.91 Å². The van der Waals surface area contributed by atoms with E-state index in [4.69, 9.17) is 17.2 Å². The van der Waals surface area contributed by atoms with Gasteiger partial charge in [-0.15, -0.1) is 0 Å². The number of piperidine rings is 1. The Hall–Kier alpha value is -2.37. The summed E-state index contributed by atoms with van der Waals surface area (Å²) in [5.41, 5.74) is 1.86. The number of carbonyl (C=O) groups excluding carboxylic acids is 1. The highest BCUT2D eigenvalue weighted by Crippen LogP contribution is 2.35. The van der Waals surface area contributed by atoms with Gasteiger partial charge >= 0.3 is 0 Å². The maximum atomic E-state index is 13.3. The van der Waals surface area contributed by atoms with Crippen LogP contribution in [-0.2, 0) is 0 Å². The molecule has 26 heavy (non-hydrogen) atoms. The number of likely N-dealkylation sites (tertiary alicyclic amines) is 1. The quantitative estimate of drug-likeness (QED) is 0.828. The summed E-state index contributed by atoms with van der Waals surface area (Å²) in [5.74, 6) is -0.0511. The number of quaternary nitrogens is 1. The Labute approximate surface area is 159 Å². The number of hydrogen-bond acceptors (Lipinski definition) is 3. The summed E-state index contributed by atoms with van der Waals surface area (Å²) in [5, 5.41) is 0. The van der Waals surface area contributed by atoms with Crippen LogP contribution in [0.1, 0.15) is 28.8 Å². The van der Waals surface area contributed by atoms with Gasteiger partial charge in [0.2, 0.25) is 0 Å². The minimum absolute atomic E-state index is 0.0511. The smallest absolute Gasteiger partial charge is 0.260 e. The van der Waals surface area contributed by atoms with E-state index in [1.165, 1.54) is 4.90 Å². The van der Waals surface area contributed by atoms with Crippen LogP contribution in [0.15, 0.2) is 65.7 Å². The standard InChI is InChI=1S/C21H21N3OS/c1-23-14-12-21(13-15-23)22-18(16-8-4-2-5-9-16)20(26)24(21)19(25)17-10-6-3-7-11-17/h2-11H,12-15H2,1H3/p+1. The number of aliphatic imine (C=N–C) groups is 1. The van der Waals surface area contributed by atoms with Crippen LogP contribution in [0.4, 0.5) is 0 Å². The summed E-state index contributed by atoms with van der Waals surface area (Å²) < 4.78 is 0. The molecule has 0 unspecified atom stereocenters. The second-order valence-electron chi connectivity index (χ2n) is 7.08. The molecule has 1 saturated heterocycles. The van der Waals surface area contributed by atoms with Gasteiger partial charge in [0, 0.05) is 24.0 Å². The molecular formula is C21H22N3OS+. The largest absolute Gasteiger partial charge is 0.337 e. The number of rotatable bonds is 2. The van der Waals surface area contributed by atoms with Crippen molar-refractivity contribution >= 4 is 28.8 Å². The van der Waals surface area contributed by atoms with Crippen LogP contribution in [-0.4, -0.2) is 47.3 Å². The minimum Gasteiger partial charge on any atom is -0.337 e. The summed E-state index contributed by atoms with van der Waals surface area (Å²) in [6.45, 7) is 1.96. The van der Waals surface area contributed by atoms with E-state index in [1.807, 2.05) is 60.7 Å². The van der Waals surface area contributed by atoms with Crippen molar-refractivity contribution in [2.45, 2.75) is 18.5 Å². The number of carbonyl (C=O) groups is 1. The number of nitrogens with one attached hydrogen (secondary N) is 1. The van der Waals surface area contributed by atoms with E-state index in [9.17, 15) is 4.79 Å². The van der Waals surface area contributed by atoms with Crippen molar-refractivity contribution in [3.63, 3.8) is 0 Å².